The molecule has 1 saturated carbocycles. The number of ether oxygens (including phenoxy) is 2. The molecule has 3 heterocycles. The third-order valence-electron chi connectivity index (χ3n) is 9.01. The Morgan fingerprint density at radius 3 is 2.34 bits per heavy atom. The molecule has 1 aromatic carbocycles. The topological polar surface area (TPSA) is 75.2 Å². The fraction of sp³-hybridized carbons (Fsp3) is 0.606. The minimum atomic E-state index is -0.262. The highest BCUT2D eigenvalue weighted by molar-refractivity contribution is 5.78. The molecule has 1 aromatic heterocycles. The van der Waals surface area contributed by atoms with Gasteiger partial charge in [0, 0.05) is 50.0 Å². The van der Waals surface area contributed by atoms with Crippen molar-refractivity contribution in [1.82, 2.24) is 19.7 Å². The number of aromatic nitrogens is 1. The van der Waals surface area contributed by atoms with Gasteiger partial charge in [-0.2, -0.15) is 0 Å². The molecule has 2 saturated heterocycles. The number of nitrogens with zero attached hydrogens (tertiary/aromatic N) is 4. The second kappa shape index (κ2) is 13.2. The van der Waals surface area contributed by atoms with Crippen LogP contribution in [0.15, 0.2) is 36.4 Å². The van der Waals surface area contributed by atoms with E-state index in [1.807, 2.05) is 37.3 Å². The zero-order valence-electron chi connectivity index (χ0n) is 25.2. The molecule has 2 aliphatic heterocycles. The fourth-order valence-electron chi connectivity index (χ4n) is 6.83. The summed E-state index contributed by atoms with van der Waals surface area (Å²) in [6.45, 7) is 10.3. The second-order valence-electron chi connectivity index (χ2n) is 12.5. The largest absolute Gasteiger partial charge is 0.469 e. The smallest absolute Gasteiger partial charge is 0.320 e. The molecule has 8 nitrogen and oxygen atoms in total. The summed E-state index contributed by atoms with van der Waals surface area (Å²) in [6, 6.07) is 12.9. The maximum atomic E-state index is 13.6. The van der Waals surface area contributed by atoms with E-state index in [1.54, 1.807) is 0 Å². The normalized spacial score (nSPS) is 20.8. The first-order valence-corrected chi connectivity index (χ1v) is 15.4. The van der Waals surface area contributed by atoms with Crippen molar-refractivity contribution in [2.45, 2.75) is 96.8 Å². The molecule has 0 radical (unpaired) electrons. The lowest BCUT2D eigenvalue weighted by atomic mass is 9.97. The van der Waals surface area contributed by atoms with E-state index in [0.717, 1.165) is 56.7 Å². The minimum absolute atomic E-state index is 0.242. The summed E-state index contributed by atoms with van der Waals surface area (Å²) in [5, 5.41) is 0. The number of rotatable bonds is 10. The van der Waals surface area contributed by atoms with Crippen LogP contribution in [-0.4, -0.2) is 76.6 Å². The highest BCUT2D eigenvalue weighted by atomic mass is 16.5. The predicted octanol–water partition coefficient (Wildman–Crippen LogP) is 5.96. The van der Waals surface area contributed by atoms with Crippen LogP contribution in [0.1, 0.15) is 75.6 Å². The van der Waals surface area contributed by atoms with Crippen LogP contribution in [0.2, 0.25) is 0 Å². The highest BCUT2D eigenvalue weighted by Crippen LogP contribution is 2.34. The highest BCUT2D eigenvalue weighted by Gasteiger charge is 2.44. The van der Waals surface area contributed by atoms with Crippen LogP contribution in [0.4, 0.5) is 4.79 Å². The molecule has 0 N–H and O–H groups in total. The number of esters is 1. The molecule has 0 bridgehead atoms. The minimum Gasteiger partial charge on any atom is -0.469 e. The van der Waals surface area contributed by atoms with Gasteiger partial charge in [-0.05, 0) is 68.2 Å². The first-order valence-electron chi connectivity index (χ1n) is 15.4. The van der Waals surface area contributed by atoms with Crippen molar-refractivity contribution in [1.29, 1.82) is 0 Å². The van der Waals surface area contributed by atoms with Crippen LogP contribution in [-0.2, 0) is 22.5 Å². The van der Waals surface area contributed by atoms with Gasteiger partial charge in [0.05, 0.1) is 19.6 Å². The van der Waals surface area contributed by atoms with Gasteiger partial charge >= 0.3 is 12.0 Å². The molecule has 5 rings (SSSR count). The molecule has 3 aliphatic rings. The summed E-state index contributed by atoms with van der Waals surface area (Å²) in [5.74, 6) is 1.56. The predicted molar refractivity (Wildman–Crippen MR) is 159 cm³/mol. The average molecular weight is 563 g/mol. The van der Waals surface area contributed by atoms with Crippen molar-refractivity contribution in [2.24, 2.45) is 5.92 Å². The maximum Gasteiger partial charge on any atom is 0.320 e. The summed E-state index contributed by atoms with van der Waals surface area (Å²) in [6.07, 6.45) is 8.25. The van der Waals surface area contributed by atoms with Crippen LogP contribution >= 0.6 is 0 Å². The number of amides is 2. The molecular weight excluding hydrogens is 516 g/mol. The molecular formula is C33H46N4O4. The number of hydrogen-bond donors (Lipinski definition) is 0. The summed E-state index contributed by atoms with van der Waals surface area (Å²) in [4.78, 5) is 36.8. The van der Waals surface area contributed by atoms with Crippen molar-refractivity contribution in [3.63, 3.8) is 0 Å². The number of piperidine rings is 1. The van der Waals surface area contributed by atoms with Gasteiger partial charge in [-0.3, -0.25) is 9.69 Å². The number of urea groups is 1. The second-order valence-corrected chi connectivity index (χ2v) is 12.5. The van der Waals surface area contributed by atoms with Gasteiger partial charge < -0.3 is 19.3 Å². The van der Waals surface area contributed by atoms with Crippen molar-refractivity contribution in [2.75, 3.05) is 26.7 Å². The average Bonchev–Trinajstić information content (AvgIpc) is 3.59. The molecule has 1 unspecified atom stereocenters. The number of carbonyl (C=O) groups excluding carboxylic acids is 2. The third-order valence-corrected chi connectivity index (χ3v) is 9.01. The number of methoxy groups -OCH3 is 1. The quantitative estimate of drug-likeness (QED) is 0.333. The van der Waals surface area contributed by atoms with Crippen LogP contribution in [0.3, 0.4) is 0 Å². The van der Waals surface area contributed by atoms with Crippen molar-refractivity contribution >= 4 is 12.0 Å². The van der Waals surface area contributed by atoms with E-state index >= 15 is 0 Å². The van der Waals surface area contributed by atoms with E-state index in [2.05, 4.69) is 34.6 Å². The molecule has 1 aliphatic carbocycles. The van der Waals surface area contributed by atoms with Gasteiger partial charge in [0.25, 0.3) is 0 Å². The molecule has 1 atom stereocenters. The van der Waals surface area contributed by atoms with Gasteiger partial charge in [0.2, 0.25) is 5.88 Å². The number of pyridine rings is 1. The van der Waals surface area contributed by atoms with Gasteiger partial charge in [-0.1, -0.05) is 44.9 Å². The zero-order chi connectivity index (χ0) is 28.9. The molecule has 8 heteroatoms. The van der Waals surface area contributed by atoms with Gasteiger partial charge in [-0.25, -0.2) is 9.78 Å². The Hall–Kier alpha value is -3.13. The van der Waals surface area contributed by atoms with Gasteiger partial charge in [0.1, 0.15) is 5.75 Å². The Morgan fingerprint density at radius 2 is 1.71 bits per heavy atom. The van der Waals surface area contributed by atoms with Gasteiger partial charge in [0.15, 0.2) is 0 Å². The Morgan fingerprint density at radius 1 is 1.00 bits per heavy atom. The number of likely N-dealkylation sites (tertiary alicyclic amines) is 1. The summed E-state index contributed by atoms with van der Waals surface area (Å²) >= 11 is 0. The van der Waals surface area contributed by atoms with Crippen molar-refractivity contribution in [3.05, 3.63) is 53.2 Å². The maximum absolute atomic E-state index is 13.6. The van der Waals surface area contributed by atoms with Crippen LogP contribution in [0.25, 0.3) is 0 Å². The molecule has 3 fully saturated rings. The van der Waals surface area contributed by atoms with Crippen LogP contribution in [0, 0.1) is 12.8 Å². The first-order chi connectivity index (χ1) is 19.8. The number of benzene rings is 1. The molecule has 222 valence electrons. The zero-order valence-corrected chi connectivity index (χ0v) is 25.2. The summed E-state index contributed by atoms with van der Waals surface area (Å²) in [7, 11) is 1.39. The Kier molecular flexibility index (Phi) is 9.48. The van der Waals surface area contributed by atoms with Crippen LogP contribution in [0.5, 0.6) is 11.6 Å². The van der Waals surface area contributed by atoms with E-state index < -0.39 is 0 Å². The van der Waals surface area contributed by atoms with Crippen molar-refractivity contribution in [3.8, 4) is 11.6 Å². The first kappa shape index (κ1) is 29.4. The Bertz CT molecular complexity index is 1190. The molecule has 2 amide bonds. The lowest BCUT2D eigenvalue weighted by Crippen LogP contribution is -2.49. The van der Waals surface area contributed by atoms with E-state index in [-0.39, 0.29) is 12.4 Å². The van der Waals surface area contributed by atoms with E-state index in [4.69, 9.17) is 14.5 Å². The molecule has 2 aromatic rings. The summed E-state index contributed by atoms with van der Waals surface area (Å²) < 4.78 is 10.7. The monoisotopic (exact) mass is 562 g/mol. The molecule has 41 heavy (non-hydrogen) atoms. The summed E-state index contributed by atoms with van der Waals surface area (Å²) in [5.41, 5.74) is 3.04. The lowest BCUT2D eigenvalue weighted by molar-refractivity contribution is -0.139. The van der Waals surface area contributed by atoms with E-state index in [0.29, 0.717) is 41.7 Å². The van der Waals surface area contributed by atoms with Crippen molar-refractivity contribution < 1.29 is 19.1 Å². The SMILES string of the molecule is COC(=O)Cc1ccc(Oc2ccc(CN3CCC(N4C(=O)N(C5CCCC5)CC4CC(C)C)CC3)c(C)n2)cc1. The van der Waals surface area contributed by atoms with Gasteiger partial charge in [-0.15, -0.1) is 0 Å². The fourth-order valence-corrected chi connectivity index (χ4v) is 6.83. The third kappa shape index (κ3) is 7.21. The standard InChI is InChI=1S/C33H46N4O4/c1-23(2)19-29-22-36(27-7-5-6-8-27)33(39)37(29)28-15-17-35(18-16-28)21-26-11-14-31(34-24(26)3)41-30-12-9-25(10-13-30)20-32(38)40-4/h9-14,23,27-29H,5-8,15-22H2,1-4H3. The number of hydrogen-bond acceptors (Lipinski definition) is 6. The Labute approximate surface area is 245 Å². The molecule has 0 spiro atoms. The van der Waals surface area contributed by atoms with Crippen LogP contribution < -0.4 is 4.74 Å². The Balaban J connectivity index is 1.15. The van der Waals surface area contributed by atoms with E-state index in [1.165, 1.54) is 38.4 Å². The number of aryl methyl sites for hydroxylation is 1. The van der Waals surface area contributed by atoms with E-state index in [9.17, 15) is 9.59 Å². The lowest BCUT2D eigenvalue weighted by Gasteiger charge is -2.39. The number of carbonyl (C=O) groups is 2.